The molecular formula is C12H21N3O5. The van der Waals surface area contributed by atoms with Crippen molar-refractivity contribution in [3.05, 3.63) is 0 Å². The molecular weight excluding hydrogens is 266 g/mol. The molecule has 4 N–H and O–H groups in total. The third-order valence-corrected chi connectivity index (χ3v) is 3.48. The van der Waals surface area contributed by atoms with E-state index in [2.05, 4.69) is 5.32 Å². The van der Waals surface area contributed by atoms with Crippen LogP contribution < -0.4 is 11.1 Å². The average Bonchev–Trinajstić information content (AvgIpc) is 2.37. The lowest BCUT2D eigenvalue weighted by molar-refractivity contribution is -0.141. The van der Waals surface area contributed by atoms with Crippen molar-refractivity contribution in [2.75, 3.05) is 20.2 Å². The fourth-order valence-corrected chi connectivity index (χ4v) is 2.17. The number of urea groups is 1. The van der Waals surface area contributed by atoms with Crippen LogP contribution in [0, 0.1) is 5.92 Å². The molecule has 0 spiro atoms. The molecule has 8 heteroatoms. The first-order valence-electron chi connectivity index (χ1n) is 6.44. The van der Waals surface area contributed by atoms with E-state index in [1.165, 1.54) is 4.90 Å². The number of piperidine rings is 1. The van der Waals surface area contributed by atoms with Gasteiger partial charge in [0.05, 0.1) is 12.5 Å². The Balaban J connectivity index is 2.60. The van der Waals surface area contributed by atoms with E-state index in [1.807, 2.05) is 6.92 Å². The van der Waals surface area contributed by atoms with Gasteiger partial charge in [-0.2, -0.15) is 0 Å². The van der Waals surface area contributed by atoms with Gasteiger partial charge >= 0.3 is 12.0 Å². The van der Waals surface area contributed by atoms with E-state index in [-0.39, 0.29) is 6.10 Å². The summed E-state index contributed by atoms with van der Waals surface area (Å²) in [6.45, 7) is 2.96. The second-order valence-electron chi connectivity index (χ2n) is 5.00. The van der Waals surface area contributed by atoms with Gasteiger partial charge < -0.3 is 25.8 Å². The molecule has 1 fully saturated rings. The highest BCUT2D eigenvalue weighted by Crippen LogP contribution is 2.19. The topological polar surface area (TPSA) is 122 Å². The first kappa shape index (κ1) is 16.2. The molecule has 0 saturated carbocycles. The monoisotopic (exact) mass is 287 g/mol. The summed E-state index contributed by atoms with van der Waals surface area (Å²) in [4.78, 5) is 35.2. The van der Waals surface area contributed by atoms with E-state index in [1.54, 1.807) is 7.11 Å². The minimum atomic E-state index is -1.31. The maximum Gasteiger partial charge on any atom is 0.326 e. The number of nitrogens with one attached hydrogen (secondary N) is 1. The van der Waals surface area contributed by atoms with E-state index in [0.717, 1.165) is 6.42 Å². The molecule has 3 amide bonds. The number of rotatable bonds is 5. The molecule has 20 heavy (non-hydrogen) atoms. The number of aliphatic carboxylic acids is 1. The van der Waals surface area contributed by atoms with Crippen LogP contribution in [-0.2, 0) is 14.3 Å². The number of carboxylic acids is 1. The molecule has 8 nitrogen and oxygen atoms in total. The molecule has 1 rings (SSSR count). The molecule has 1 heterocycles. The maximum atomic E-state index is 12.0. The van der Waals surface area contributed by atoms with Crippen molar-refractivity contribution in [1.29, 1.82) is 0 Å². The molecule has 0 aromatic carbocycles. The van der Waals surface area contributed by atoms with Gasteiger partial charge in [0.15, 0.2) is 0 Å². The molecule has 0 bridgehead atoms. The Hall–Kier alpha value is -1.83. The number of primary amides is 1. The Bertz CT molecular complexity index is 387. The SMILES string of the molecule is COC1CN(C(=O)N[C@H](CC(N)=O)C(=O)O)CCC1C. The van der Waals surface area contributed by atoms with Gasteiger partial charge in [-0.25, -0.2) is 9.59 Å². The fraction of sp³-hybridized carbons (Fsp3) is 0.750. The zero-order valence-electron chi connectivity index (χ0n) is 11.7. The normalized spacial score (nSPS) is 24.0. The molecule has 0 aliphatic carbocycles. The first-order valence-corrected chi connectivity index (χ1v) is 6.44. The minimum absolute atomic E-state index is 0.0751. The summed E-state index contributed by atoms with van der Waals surface area (Å²) >= 11 is 0. The lowest BCUT2D eigenvalue weighted by atomic mass is 9.96. The Morgan fingerprint density at radius 2 is 2.15 bits per heavy atom. The van der Waals surface area contributed by atoms with Crippen molar-refractivity contribution in [3.8, 4) is 0 Å². The van der Waals surface area contributed by atoms with Gasteiger partial charge in [-0.1, -0.05) is 6.92 Å². The second-order valence-corrected chi connectivity index (χ2v) is 5.00. The molecule has 0 aromatic heterocycles. The fourth-order valence-electron chi connectivity index (χ4n) is 2.17. The quantitative estimate of drug-likeness (QED) is 0.622. The largest absolute Gasteiger partial charge is 0.480 e. The smallest absolute Gasteiger partial charge is 0.326 e. The predicted octanol–water partition coefficient (Wildman–Crippen LogP) is -0.619. The molecule has 1 saturated heterocycles. The lowest BCUT2D eigenvalue weighted by Crippen LogP contribution is -2.54. The average molecular weight is 287 g/mol. The Morgan fingerprint density at radius 3 is 2.65 bits per heavy atom. The summed E-state index contributed by atoms with van der Waals surface area (Å²) in [7, 11) is 1.58. The number of carboxylic acid groups (broad SMARTS) is 1. The van der Waals surface area contributed by atoms with Crippen LogP contribution in [0.25, 0.3) is 0 Å². The van der Waals surface area contributed by atoms with Gasteiger partial charge in [0.2, 0.25) is 5.91 Å². The highest BCUT2D eigenvalue weighted by Gasteiger charge is 2.31. The summed E-state index contributed by atoms with van der Waals surface area (Å²) < 4.78 is 5.29. The highest BCUT2D eigenvalue weighted by atomic mass is 16.5. The molecule has 3 atom stereocenters. The summed E-state index contributed by atoms with van der Waals surface area (Å²) in [5.74, 6) is -1.73. The summed E-state index contributed by atoms with van der Waals surface area (Å²) in [6, 6.07) is -1.83. The van der Waals surface area contributed by atoms with Crippen molar-refractivity contribution in [2.45, 2.75) is 31.9 Å². The van der Waals surface area contributed by atoms with E-state index in [0.29, 0.717) is 19.0 Å². The Kier molecular flexibility index (Phi) is 5.75. The number of likely N-dealkylation sites (tertiary alicyclic amines) is 1. The summed E-state index contributed by atoms with van der Waals surface area (Å²) in [5.41, 5.74) is 4.96. The van der Waals surface area contributed by atoms with Crippen molar-refractivity contribution >= 4 is 17.9 Å². The molecule has 0 aromatic rings. The van der Waals surface area contributed by atoms with Crippen LogP contribution in [0.3, 0.4) is 0 Å². The predicted molar refractivity (Wildman–Crippen MR) is 69.9 cm³/mol. The van der Waals surface area contributed by atoms with Crippen LogP contribution >= 0.6 is 0 Å². The number of hydrogen-bond acceptors (Lipinski definition) is 4. The van der Waals surface area contributed by atoms with Crippen LogP contribution in [0.15, 0.2) is 0 Å². The number of nitrogens with zero attached hydrogens (tertiary/aromatic N) is 1. The van der Waals surface area contributed by atoms with Crippen LogP contribution in [0.5, 0.6) is 0 Å². The third-order valence-electron chi connectivity index (χ3n) is 3.48. The number of amides is 3. The maximum absolute atomic E-state index is 12.0. The number of carbonyl (C=O) groups is 3. The lowest BCUT2D eigenvalue weighted by Gasteiger charge is -2.36. The van der Waals surface area contributed by atoms with Gasteiger partial charge in [0.25, 0.3) is 0 Å². The molecule has 0 radical (unpaired) electrons. The second kappa shape index (κ2) is 7.09. The summed E-state index contributed by atoms with van der Waals surface area (Å²) in [6.07, 6.45) is 0.271. The van der Waals surface area contributed by atoms with Crippen molar-refractivity contribution in [2.24, 2.45) is 11.7 Å². The van der Waals surface area contributed by atoms with Gasteiger partial charge in [-0.15, -0.1) is 0 Å². The number of carbonyl (C=O) groups excluding carboxylic acids is 2. The zero-order valence-corrected chi connectivity index (χ0v) is 11.7. The van der Waals surface area contributed by atoms with Gasteiger partial charge in [0.1, 0.15) is 6.04 Å². The van der Waals surface area contributed by atoms with E-state index >= 15 is 0 Å². The Morgan fingerprint density at radius 1 is 1.50 bits per heavy atom. The Labute approximate surface area is 117 Å². The molecule has 1 aliphatic rings. The number of hydrogen-bond donors (Lipinski definition) is 3. The highest BCUT2D eigenvalue weighted by molar-refractivity contribution is 5.87. The van der Waals surface area contributed by atoms with E-state index in [4.69, 9.17) is 15.6 Å². The first-order chi connectivity index (χ1) is 9.35. The van der Waals surface area contributed by atoms with Crippen molar-refractivity contribution in [1.82, 2.24) is 10.2 Å². The summed E-state index contributed by atoms with van der Waals surface area (Å²) in [5, 5.41) is 11.3. The number of methoxy groups -OCH3 is 1. The van der Waals surface area contributed by atoms with Crippen LogP contribution in [0.2, 0.25) is 0 Å². The van der Waals surface area contributed by atoms with Gasteiger partial charge in [-0.05, 0) is 12.3 Å². The minimum Gasteiger partial charge on any atom is -0.480 e. The number of ether oxygens (including phenoxy) is 1. The third kappa shape index (κ3) is 4.37. The van der Waals surface area contributed by atoms with Gasteiger partial charge in [0, 0.05) is 20.2 Å². The molecule has 1 aliphatic heterocycles. The molecule has 2 unspecified atom stereocenters. The zero-order chi connectivity index (χ0) is 15.3. The van der Waals surface area contributed by atoms with Crippen molar-refractivity contribution < 1.29 is 24.2 Å². The van der Waals surface area contributed by atoms with Crippen molar-refractivity contribution in [3.63, 3.8) is 0 Å². The number of nitrogens with two attached hydrogens (primary N) is 1. The standard InChI is InChI=1S/C12H21N3O5/c1-7-3-4-15(6-9(7)20-2)12(19)14-8(11(17)18)5-10(13)16/h7-9H,3-6H2,1-2H3,(H2,13,16)(H,14,19)(H,17,18)/t7?,8-,9?/m1/s1. The van der Waals surface area contributed by atoms with Crippen LogP contribution in [0.4, 0.5) is 4.79 Å². The van der Waals surface area contributed by atoms with Gasteiger partial charge in [-0.3, -0.25) is 4.79 Å². The van der Waals surface area contributed by atoms with Crippen LogP contribution in [-0.4, -0.2) is 60.3 Å². The van der Waals surface area contributed by atoms with Crippen LogP contribution in [0.1, 0.15) is 19.8 Å². The molecule has 114 valence electrons. The van der Waals surface area contributed by atoms with E-state index < -0.39 is 30.4 Å². The van der Waals surface area contributed by atoms with E-state index in [9.17, 15) is 14.4 Å².